The zero-order valence-corrected chi connectivity index (χ0v) is 32.2. The molecule has 264 valence electrons. The van der Waals surface area contributed by atoms with E-state index in [1.54, 1.807) is 0 Å². The zero-order chi connectivity index (χ0) is 36.7. The first-order chi connectivity index (χ1) is 25.4. The van der Waals surface area contributed by atoms with Crippen LogP contribution in [0.15, 0.2) is 158 Å². The molecule has 0 aliphatic heterocycles. The van der Waals surface area contributed by atoms with Gasteiger partial charge >= 0.3 is 0 Å². The van der Waals surface area contributed by atoms with Crippen molar-refractivity contribution in [1.82, 2.24) is 0 Å². The fourth-order valence-electron chi connectivity index (χ4n) is 5.48. The van der Waals surface area contributed by atoms with Crippen LogP contribution in [-0.4, -0.2) is 13.2 Å². The van der Waals surface area contributed by atoms with E-state index in [0.717, 1.165) is 57.4 Å². The minimum Gasteiger partial charge on any atom is -0.492 e. The Morgan fingerprint density at radius 1 is 0.404 bits per heavy atom. The molecule has 6 rings (SSSR count). The summed E-state index contributed by atoms with van der Waals surface area (Å²) in [6, 6.07) is 51.8. The molecule has 0 aliphatic carbocycles. The van der Waals surface area contributed by atoms with Crippen molar-refractivity contribution in [2.24, 2.45) is 0 Å². The number of ether oxygens (including phenoxy) is 2. The molecule has 0 N–H and O–H groups in total. The highest BCUT2D eigenvalue weighted by Crippen LogP contribution is 2.39. The molecule has 52 heavy (non-hydrogen) atoms. The summed E-state index contributed by atoms with van der Waals surface area (Å²) >= 11 is 26.6. The van der Waals surface area contributed by atoms with Gasteiger partial charge in [-0.3, -0.25) is 0 Å². The van der Waals surface area contributed by atoms with Crippen LogP contribution in [0.25, 0.3) is 21.2 Å². The third kappa shape index (κ3) is 10.3. The van der Waals surface area contributed by atoms with E-state index in [0.29, 0.717) is 44.8 Å². The van der Waals surface area contributed by atoms with Crippen LogP contribution in [0.5, 0.6) is 11.5 Å². The molecule has 0 radical (unpaired) electrons. The van der Waals surface area contributed by atoms with Gasteiger partial charge in [0.05, 0.1) is 33.3 Å². The third-order valence-corrected chi connectivity index (χ3v) is 9.39. The molecule has 0 fully saturated rings. The Morgan fingerprint density at radius 3 is 1.00 bits per heavy atom. The maximum absolute atomic E-state index is 6.82. The lowest BCUT2D eigenvalue weighted by Crippen LogP contribution is -1.97. The van der Waals surface area contributed by atoms with Gasteiger partial charge < -0.3 is 9.47 Å². The van der Waals surface area contributed by atoms with Gasteiger partial charge in [-0.05, 0) is 70.5 Å². The second kappa shape index (κ2) is 20.0. The van der Waals surface area contributed by atoms with Crippen LogP contribution in [0, 0.1) is 0 Å². The van der Waals surface area contributed by atoms with Gasteiger partial charge in [-0.25, -0.2) is 0 Å². The minimum absolute atomic E-state index is 0.585. The van der Waals surface area contributed by atoms with E-state index in [4.69, 9.17) is 55.9 Å². The average molecular weight is 767 g/mol. The molecule has 0 spiro atoms. The lowest BCUT2D eigenvalue weighted by molar-refractivity contribution is 0.317. The van der Waals surface area contributed by atoms with Crippen LogP contribution < -0.4 is 9.47 Å². The summed E-state index contributed by atoms with van der Waals surface area (Å²) in [5, 5.41) is 2.55. The second-order valence-corrected chi connectivity index (χ2v) is 13.4. The predicted molar refractivity (Wildman–Crippen MR) is 224 cm³/mol. The average Bonchev–Trinajstić information content (AvgIpc) is 3.19. The second-order valence-electron chi connectivity index (χ2n) is 11.8. The molecule has 0 bridgehead atoms. The Morgan fingerprint density at radius 2 is 0.712 bits per heavy atom. The van der Waals surface area contributed by atoms with E-state index in [1.807, 2.05) is 133 Å². The van der Waals surface area contributed by atoms with Crippen molar-refractivity contribution in [2.75, 3.05) is 13.2 Å². The highest BCUT2D eigenvalue weighted by atomic mass is 35.5. The Kier molecular flexibility index (Phi) is 14.9. The number of hydrogen-bond donors (Lipinski definition) is 0. The molecule has 6 heteroatoms. The summed E-state index contributed by atoms with van der Waals surface area (Å²) < 4.78 is 11.4. The lowest BCUT2D eigenvalue weighted by Gasteiger charge is -2.14. The van der Waals surface area contributed by atoms with Gasteiger partial charge in [0.15, 0.2) is 0 Å². The predicted octanol–water partition coefficient (Wildman–Crippen LogP) is 14.6. The number of benzene rings is 6. The lowest BCUT2D eigenvalue weighted by atomic mass is 9.95. The highest BCUT2D eigenvalue weighted by Gasteiger charge is 2.16. The molecule has 0 saturated heterocycles. The fourth-order valence-corrected chi connectivity index (χ4v) is 6.64. The van der Waals surface area contributed by atoms with Crippen LogP contribution in [0.4, 0.5) is 0 Å². The highest BCUT2D eigenvalue weighted by molar-refractivity contribution is 6.54. The Hall–Kier alpha value is -4.44. The van der Waals surface area contributed by atoms with Gasteiger partial charge in [-0.1, -0.05) is 194 Å². The van der Waals surface area contributed by atoms with E-state index in [-0.39, 0.29) is 0 Å². The standard InChI is InChI=1S/2C23H20Cl2O/c2*1-2-15-26-21-14-13-19(16-20(21)24)22(17-9-5-3-6-10-17)23(25)18-11-7-4-8-12-18/h2*3-14,16H,2,15H2,1H3/b23-22+;23-22-. The normalized spacial score (nSPS) is 11.8. The molecule has 6 aromatic rings. The third-order valence-electron chi connectivity index (χ3n) is 7.98. The van der Waals surface area contributed by atoms with E-state index in [1.165, 1.54) is 0 Å². The first-order valence-corrected chi connectivity index (χ1v) is 18.8. The number of halogens is 4. The first-order valence-electron chi connectivity index (χ1n) is 17.3. The van der Waals surface area contributed by atoms with Gasteiger partial charge in [0.25, 0.3) is 0 Å². The summed E-state index contributed by atoms with van der Waals surface area (Å²) in [6.07, 6.45) is 1.88. The number of hydrogen-bond acceptors (Lipinski definition) is 2. The molecular weight excluding hydrogens is 726 g/mol. The smallest absolute Gasteiger partial charge is 0.137 e. The van der Waals surface area contributed by atoms with Gasteiger partial charge in [-0.2, -0.15) is 0 Å². The molecule has 0 unspecified atom stereocenters. The minimum atomic E-state index is 0.585. The Labute approximate surface area is 327 Å². The molecular formula is C46H40Cl4O2. The molecule has 6 aromatic carbocycles. The van der Waals surface area contributed by atoms with Crippen LogP contribution >= 0.6 is 46.4 Å². The summed E-state index contributed by atoms with van der Waals surface area (Å²) in [4.78, 5) is 0. The first kappa shape index (κ1) is 38.8. The van der Waals surface area contributed by atoms with E-state index >= 15 is 0 Å². The quantitative estimate of drug-likeness (QED) is 0.116. The molecule has 0 amide bonds. The molecule has 0 saturated carbocycles. The topological polar surface area (TPSA) is 18.5 Å². The van der Waals surface area contributed by atoms with Crippen molar-refractivity contribution in [3.05, 3.63) is 201 Å². The fraction of sp³-hybridized carbons (Fsp3) is 0.130. The van der Waals surface area contributed by atoms with Crippen molar-refractivity contribution in [3.63, 3.8) is 0 Å². The van der Waals surface area contributed by atoms with Crippen molar-refractivity contribution >= 4 is 67.6 Å². The summed E-state index contributed by atoms with van der Waals surface area (Å²) in [5.41, 5.74) is 7.83. The monoisotopic (exact) mass is 764 g/mol. The van der Waals surface area contributed by atoms with Gasteiger partial charge in [0.2, 0.25) is 0 Å². The van der Waals surface area contributed by atoms with Crippen LogP contribution in [0.2, 0.25) is 10.0 Å². The summed E-state index contributed by atoms with van der Waals surface area (Å²) in [6.45, 7) is 5.42. The Balaban J connectivity index is 0.000000201. The largest absolute Gasteiger partial charge is 0.492 e. The van der Waals surface area contributed by atoms with E-state index in [9.17, 15) is 0 Å². The van der Waals surface area contributed by atoms with Gasteiger partial charge in [0.1, 0.15) is 11.5 Å². The van der Waals surface area contributed by atoms with Crippen LogP contribution in [0.1, 0.15) is 60.1 Å². The molecule has 0 aliphatic rings. The van der Waals surface area contributed by atoms with E-state index in [2.05, 4.69) is 38.1 Å². The molecule has 2 nitrogen and oxygen atoms in total. The van der Waals surface area contributed by atoms with Crippen molar-refractivity contribution in [1.29, 1.82) is 0 Å². The number of rotatable bonds is 12. The maximum atomic E-state index is 6.82. The van der Waals surface area contributed by atoms with Gasteiger partial charge in [0, 0.05) is 11.1 Å². The van der Waals surface area contributed by atoms with Gasteiger partial charge in [-0.15, -0.1) is 0 Å². The van der Waals surface area contributed by atoms with Crippen LogP contribution in [0.3, 0.4) is 0 Å². The summed E-state index contributed by atoms with van der Waals surface area (Å²) in [5.74, 6) is 1.39. The molecule has 0 heterocycles. The molecule has 0 atom stereocenters. The van der Waals surface area contributed by atoms with Crippen molar-refractivity contribution in [2.45, 2.75) is 26.7 Å². The maximum Gasteiger partial charge on any atom is 0.137 e. The molecule has 0 aromatic heterocycles. The summed E-state index contributed by atoms with van der Waals surface area (Å²) in [7, 11) is 0. The van der Waals surface area contributed by atoms with Crippen LogP contribution in [-0.2, 0) is 0 Å². The Bertz CT molecular complexity index is 1930. The van der Waals surface area contributed by atoms with Crippen molar-refractivity contribution < 1.29 is 9.47 Å². The SMILES string of the molecule is CCCOc1ccc(/C(=C(/Cl)c2ccccc2)c2ccccc2)cc1Cl.CCCOc1ccc(/C(=C(\Cl)c2ccccc2)c2ccccc2)cc1Cl. The zero-order valence-electron chi connectivity index (χ0n) is 29.2. The van der Waals surface area contributed by atoms with E-state index < -0.39 is 0 Å². The van der Waals surface area contributed by atoms with Crippen molar-refractivity contribution in [3.8, 4) is 11.5 Å².